The Balaban J connectivity index is 2.33. The van der Waals surface area contributed by atoms with Gasteiger partial charge in [-0.3, -0.25) is 0 Å². The molecule has 0 bridgehead atoms. The molecule has 0 amide bonds. The van der Waals surface area contributed by atoms with Gasteiger partial charge in [-0.25, -0.2) is 0 Å². The summed E-state index contributed by atoms with van der Waals surface area (Å²) < 4.78 is 5.51. The maximum atomic E-state index is 5.51. The van der Waals surface area contributed by atoms with E-state index in [0.29, 0.717) is 5.41 Å². The van der Waals surface area contributed by atoms with Gasteiger partial charge in [0.15, 0.2) is 0 Å². The van der Waals surface area contributed by atoms with Crippen molar-refractivity contribution in [2.24, 2.45) is 5.41 Å². The molecule has 0 saturated carbocycles. The van der Waals surface area contributed by atoms with Gasteiger partial charge in [0.2, 0.25) is 0 Å². The van der Waals surface area contributed by atoms with Crippen molar-refractivity contribution in [3.8, 4) is 0 Å². The average Bonchev–Trinajstić information content (AvgIpc) is 2.61. The van der Waals surface area contributed by atoms with Crippen molar-refractivity contribution in [1.29, 1.82) is 0 Å². The monoisotopic (exact) mass is 203 g/mol. The second-order valence-corrected chi connectivity index (χ2v) is 4.81. The molecule has 3 heteroatoms. The van der Waals surface area contributed by atoms with E-state index in [1.165, 1.54) is 18.6 Å². The van der Waals surface area contributed by atoms with Gasteiger partial charge in [-0.15, -0.1) is 0 Å². The summed E-state index contributed by atoms with van der Waals surface area (Å²) in [5.74, 6) is 1.26. The summed E-state index contributed by atoms with van der Waals surface area (Å²) in [6.07, 6.45) is 4.71. The van der Waals surface area contributed by atoms with Gasteiger partial charge in [-0.05, 0) is 31.4 Å². The van der Waals surface area contributed by atoms with E-state index in [-0.39, 0.29) is 0 Å². The molecular weight excluding hydrogens is 182 g/mol. The molecule has 0 aliphatic carbocycles. The Bertz CT molecular complexity index is 125. The van der Waals surface area contributed by atoms with Crippen LogP contribution in [-0.2, 0) is 4.74 Å². The van der Waals surface area contributed by atoms with Gasteiger partial charge in [0.1, 0.15) is 0 Å². The molecule has 1 rings (SSSR count). The normalized spacial score (nSPS) is 28.2. The summed E-state index contributed by atoms with van der Waals surface area (Å²) in [5.41, 5.74) is 0.443. The summed E-state index contributed by atoms with van der Waals surface area (Å²) in [6, 6.07) is 0. The molecule has 13 heavy (non-hydrogen) atoms. The molecule has 1 atom stereocenters. The molecular formula is C10H21NOS. The molecule has 1 heterocycles. The standard InChI is InChI=1S/C10H21NOS/c1-3-11-8-10(5-7-13-2)4-6-12-9-10/h11H,3-9H2,1-2H3. The number of rotatable bonds is 6. The van der Waals surface area contributed by atoms with Crippen LogP contribution in [0.1, 0.15) is 19.8 Å². The number of hydrogen-bond acceptors (Lipinski definition) is 3. The third kappa shape index (κ3) is 3.49. The van der Waals surface area contributed by atoms with Crippen molar-refractivity contribution in [2.75, 3.05) is 38.3 Å². The smallest absolute Gasteiger partial charge is 0.0535 e. The molecule has 78 valence electrons. The van der Waals surface area contributed by atoms with Crippen molar-refractivity contribution >= 4 is 11.8 Å². The summed E-state index contributed by atoms with van der Waals surface area (Å²) in [6.45, 7) is 6.28. The zero-order valence-electron chi connectivity index (χ0n) is 8.77. The Hall–Kier alpha value is 0.270. The second-order valence-electron chi connectivity index (χ2n) is 3.83. The highest BCUT2D eigenvalue weighted by atomic mass is 32.2. The van der Waals surface area contributed by atoms with Crippen LogP contribution >= 0.6 is 11.8 Å². The van der Waals surface area contributed by atoms with Crippen LogP contribution in [0.15, 0.2) is 0 Å². The van der Waals surface area contributed by atoms with Crippen molar-refractivity contribution in [3.05, 3.63) is 0 Å². The molecule has 0 aromatic rings. The molecule has 2 nitrogen and oxygen atoms in total. The predicted octanol–water partition coefficient (Wildman–Crippen LogP) is 1.76. The highest BCUT2D eigenvalue weighted by Gasteiger charge is 2.33. The largest absolute Gasteiger partial charge is 0.381 e. The Morgan fingerprint density at radius 3 is 2.92 bits per heavy atom. The molecule has 1 aliphatic rings. The summed E-state index contributed by atoms with van der Waals surface area (Å²) in [4.78, 5) is 0. The SMILES string of the molecule is CCNCC1(CCSC)CCOC1. The van der Waals surface area contributed by atoms with Gasteiger partial charge in [-0.2, -0.15) is 11.8 Å². The maximum Gasteiger partial charge on any atom is 0.0535 e. The van der Waals surface area contributed by atoms with Crippen LogP contribution in [0, 0.1) is 5.41 Å². The van der Waals surface area contributed by atoms with Gasteiger partial charge < -0.3 is 10.1 Å². The first kappa shape index (κ1) is 11.3. The summed E-state index contributed by atoms with van der Waals surface area (Å²) in [7, 11) is 0. The van der Waals surface area contributed by atoms with E-state index in [2.05, 4.69) is 18.5 Å². The van der Waals surface area contributed by atoms with Crippen LogP contribution in [0.25, 0.3) is 0 Å². The van der Waals surface area contributed by atoms with Gasteiger partial charge in [0.05, 0.1) is 6.61 Å². The van der Waals surface area contributed by atoms with Crippen LogP contribution < -0.4 is 5.32 Å². The Morgan fingerprint density at radius 2 is 2.38 bits per heavy atom. The summed E-state index contributed by atoms with van der Waals surface area (Å²) in [5, 5.41) is 3.45. The molecule has 1 saturated heterocycles. The average molecular weight is 203 g/mol. The minimum Gasteiger partial charge on any atom is -0.381 e. The van der Waals surface area contributed by atoms with E-state index >= 15 is 0 Å². The Labute approximate surface area is 85.8 Å². The fraction of sp³-hybridized carbons (Fsp3) is 1.00. The Kier molecular flexibility index (Phi) is 5.14. The van der Waals surface area contributed by atoms with Crippen LogP contribution in [-0.4, -0.2) is 38.3 Å². The first-order valence-electron chi connectivity index (χ1n) is 5.10. The Morgan fingerprint density at radius 1 is 1.54 bits per heavy atom. The van der Waals surface area contributed by atoms with Crippen molar-refractivity contribution in [2.45, 2.75) is 19.8 Å². The quantitative estimate of drug-likeness (QED) is 0.711. The van der Waals surface area contributed by atoms with Crippen LogP contribution in [0.4, 0.5) is 0 Å². The molecule has 1 unspecified atom stereocenters. The molecule has 1 aliphatic heterocycles. The highest BCUT2D eigenvalue weighted by molar-refractivity contribution is 7.98. The first-order valence-corrected chi connectivity index (χ1v) is 6.50. The fourth-order valence-electron chi connectivity index (χ4n) is 1.78. The lowest BCUT2D eigenvalue weighted by atomic mass is 9.84. The fourth-order valence-corrected chi connectivity index (χ4v) is 2.42. The van der Waals surface area contributed by atoms with Gasteiger partial charge in [0, 0.05) is 18.6 Å². The predicted molar refractivity (Wildman–Crippen MR) is 59.4 cm³/mol. The van der Waals surface area contributed by atoms with E-state index in [4.69, 9.17) is 4.74 Å². The van der Waals surface area contributed by atoms with Gasteiger partial charge in [-0.1, -0.05) is 6.92 Å². The third-order valence-corrected chi connectivity index (χ3v) is 3.38. The topological polar surface area (TPSA) is 21.3 Å². The molecule has 1 fully saturated rings. The van der Waals surface area contributed by atoms with Crippen molar-refractivity contribution < 1.29 is 4.74 Å². The molecule has 0 aromatic carbocycles. The number of thioether (sulfide) groups is 1. The lowest BCUT2D eigenvalue weighted by Gasteiger charge is -2.27. The van der Waals surface area contributed by atoms with Gasteiger partial charge in [0.25, 0.3) is 0 Å². The van der Waals surface area contributed by atoms with Crippen LogP contribution in [0.2, 0.25) is 0 Å². The molecule has 0 aromatic heterocycles. The lowest BCUT2D eigenvalue weighted by molar-refractivity contribution is 0.148. The lowest BCUT2D eigenvalue weighted by Crippen LogP contribution is -2.35. The first-order chi connectivity index (χ1) is 6.33. The molecule has 0 spiro atoms. The van der Waals surface area contributed by atoms with E-state index in [1.807, 2.05) is 11.8 Å². The number of hydrogen-bond donors (Lipinski definition) is 1. The second kappa shape index (κ2) is 5.89. The van der Waals surface area contributed by atoms with Crippen molar-refractivity contribution in [3.63, 3.8) is 0 Å². The highest BCUT2D eigenvalue weighted by Crippen LogP contribution is 2.32. The molecule has 1 N–H and O–H groups in total. The van der Waals surface area contributed by atoms with E-state index in [1.54, 1.807) is 0 Å². The molecule has 0 radical (unpaired) electrons. The minimum atomic E-state index is 0.443. The minimum absolute atomic E-state index is 0.443. The zero-order valence-corrected chi connectivity index (χ0v) is 9.58. The van der Waals surface area contributed by atoms with Gasteiger partial charge >= 0.3 is 0 Å². The third-order valence-electron chi connectivity index (χ3n) is 2.77. The van der Waals surface area contributed by atoms with Crippen molar-refractivity contribution in [1.82, 2.24) is 5.32 Å². The van der Waals surface area contributed by atoms with E-state index in [9.17, 15) is 0 Å². The number of ether oxygens (including phenoxy) is 1. The zero-order chi connectivity index (χ0) is 9.57. The van der Waals surface area contributed by atoms with Crippen LogP contribution in [0.5, 0.6) is 0 Å². The van der Waals surface area contributed by atoms with Crippen LogP contribution in [0.3, 0.4) is 0 Å². The van der Waals surface area contributed by atoms with E-state index < -0.39 is 0 Å². The number of nitrogens with one attached hydrogen (secondary N) is 1. The van der Waals surface area contributed by atoms with E-state index in [0.717, 1.165) is 26.3 Å². The summed E-state index contributed by atoms with van der Waals surface area (Å²) >= 11 is 1.94. The maximum absolute atomic E-state index is 5.51.